The average molecular weight is 1570 g/mol. The zero-order valence-electron chi connectivity index (χ0n) is 56.2. The number of benzene rings is 1. The molecule has 107 heavy (non-hydrogen) atoms. The fourth-order valence-electron chi connectivity index (χ4n) is 13.1. The summed E-state index contributed by atoms with van der Waals surface area (Å²) in [6.45, 7) is -8.28. The van der Waals surface area contributed by atoms with E-state index < -0.39 is 323 Å². The molecule has 0 aliphatic carbocycles. The van der Waals surface area contributed by atoms with Crippen LogP contribution in [0, 0.1) is 0 Å². The number of nitrogens with one attached hydrogen (secondary N) is 2. The van der Waals surface area contributed by atoms with Crippen molar-refractivity contribution in [3.63, 3.8) is 0 Å². The number of carbonyl (C=O) groups is 2. The molecule has 8 saturated heterocycles. The first kappa shape index (κ1) is 87.3. The second-order valence-corrected chi connectivity index (χ2v) is 26.4. The number of carbonyl (C=O) groups excluding carboxylic acids is 2. The van der Waals surface area contributed by atoms with E-state index in [1.807, 2.05) is 0 Å². The summed E-state index contributed by atoms with van der Waals surface area (Å²) in [6.07, 6.45) is -87.2. The molecular weight excluding hydrogens is 1480 g/mol. The highest BCUT2D eigenvalue weighted by atomic mass is 19.4. The largest absolute Gasteiger partial charge is 0.471 e. The monoisotopic (exact) mass is 1570 g/mol. The van der Waals surface area contributed by atoms with Gasteiger partial charge in [-0.15, -0.1) is 0 Å². The van der Waals surface area contributed by atoms with Gasteiger partial charge in [-0.1, -0.05) is 12.1 Å². The van der Waals surface area contributed by atoms with Crippen molar-refractivity contribution in [3.05, 3.63) is 29.8 Å². The van der Waals surface area contributed by atoms with Gasteiger partial charge in [0.05, 0.1) is 59.5 Å². The number of rotatable bonds is 28. The van der Waals surface area contributed by atoms with E-state index in [-0.39, 0.29) is 12.1 Å². The molecule has 0 unspecified atom stereocenters. The number of hydrogen-bond donors (Lipinski definition) is 26. The van der Waals surface area contributed by atoms with Gasteiger partial charge >= 0.3 is 12.1 Å². The Kier molecular flexibility index (Phi) is 31.0. The molecule has 0 bridgehead atoms. The molecule has 8 aliphatic heterocycles. The summed E-state index contributed by atoms with van der Waals surface area (Å²) in [5.41, 5.74) is 0.00767. The summed E-state index contributed by atoms with van der Waals surface area (Å²) in [7, 11) is 0. The molecule has 0 radical (unpaired) electrons. The van der Waals surface area contributed by atoms with Crippen molar-refractivity contribution in [1.29, 1.82) is 0 Å². The van der Waals surface area contributed by atoms with Crippen molar-refractivity contribution in [2.75, 3.05) is 64.8 Å². The quantitative estimate of drug-likeness (QED) is 0.0370. The van der Waals surface area contributed by atoms with Crippen molar-refractivity contribution >= 4 is 17.5 Å². The predicted molar refractivity (Wildman–Crippen MR) is 325 cm³/mol. The number of anilines is 1. The number of aliphatic hydroxyl groups excluding tert-OH is 24. The lowest BCUT2D eigenvalue weighted by molar-refractivity contribution is -0.405. The number of aliphatic hydroxyl groups is 24. The molecule has 8 fully saturated rings. The van der Waals surface area contributed by atoms with Gasteiger partial charge in [-0.3, -0.25) is 9.59 Å². The molecule has 1 aromatic rings. The Morgan fingerprint density at radius 1 is 0.355 bits per heavy atom. The van der Waals surface area contributed by atoms with Crippen LogP contribution in [0.3, 0.4) is 0 Å². The van der Waals surface area contributed by atoms with Crippen LogP contribution < -0.4 is 10.6 Å². The van der Waals surface area contributed by atoms with E-state index >= 15 is 0 Å². The molecule has 44 nitrogen and oxygen atoms in total. The Hall–Kier alpha value is -3.65. The summed E-state index contributed by atoms with van der Waals surface area (Å²) < 4.78 is 134. The highest BCUT2D eigenvalue weighted by Crippen LogP contribution is 2.40. The van der Waals surface area contributed by atoms with Gasteiger partial charge in [-0.25, -0.2) is 0 Å². The normalized spacial score (nSPS) is 46.6. The Labute approximate surface area is 602 Å². The molecule has 8 heterocycles. The number of alkyl halides is 3. The Morgan fingerprint density at radius 3 is 1.13 bits per heavy atom. The van der Waals surface area contributed by atoms with Crippen LogP contribution in [0.25, 0.3) is 0 Å². The molecule has 2 amide bonds. The molecule has 0 saturated carbocycles. The minimum atomic E-state index is -5.26. The van der Waals surface area contributed by atoms with E-state index in [9.17, 15) is 145 Å². The molecular formula is C60H93F3N2O42. The van der Waals surface area contributed by atoms with E-state index in [1.54, 1.807) is 5.32 Å². The van der Waals surface area contributed by atoms with Crippen molar-refractivity contribution in [1.82, 2.24) is 5.32 Å². The summed E-state index contributed by atoms with van der Waals surface area (Å²) >= 11 is 0. The van der Waals surface area contributed by atoms with Gasteiger partial charge in [0.15, 0.2) is 50.3 Å². The van der Waals surface area contributed by atoms with E-state index in [4.69, 9.17) is 75.8 Å². The zero-order valence-corrected chi connectivity index (χ0v) is 56.2. The summed E-state index contributed by atoms with van der Waals surface area (Å²) in [6, 6.07) is 2.93. The van der Waals surface area contributed by atoms with Crippen molar-refractivity contribution in [3.8, 4) is 0 Å². The topological polar surface area (TPSA) is 691 Å². The lowest BCUT2D eigenvalue weighted by Gasteiger charge is -2.51. The highest BCUT2D eigenvalue weighted by molar-refractivity contribution is 5.94. The minimum absolute atomic E-state index is 0.204. The first-order valence-electron chi connectivity index (χ1n) is 33.6. The maximum absolute atomic E-state index is 13.1. The number of amides is 2. The van der Waals surface area contributed by atoms with E-state index in [0.29, 0.717) is 5.56 Å². The maximum Gasteiger partial charge on any atom is 0.471 e. The fourth-order valence-corrected chi connectivity index (χ4v) is 13.1. The zero-order chi connectivity index (χ0) is 78.5. The summed E-state index contributed by atoms with van der Waals surface area (Å²) in [4.78, 5) is 24.2. The van der Waals surface area contributed by atoms with E-state index in [1.165, 1.54) is 12.1 Å². The SMILES string of the molecule is CC(=O)N[C@H]1[C@@H](O[C@H]2[C@H](O[C@H]3[C@H](O[C@@H]4O[C@H](CO)[C@@H](O)[C@H](O)[C@H]4O)[C@@H](O)[C@@H](OCCc4ccc(NC(=O)C(F)(F)F)cc4)O[C@@H]3CO[C@@H]3O[C@H](CO)[C@@H](O)[C@H](O)[C@H]3O[C@H]3O[C@H](CO)[C@@H](O[C@@H]4O[C@H](CO)[C@H](O[C@H]5O[C@H](CO)[C@H](O)[C@H](O)[C@H]5O)[C@H](O)[C@H]4O)[C@H](O)[C@H]3O)O[C@H](CO)[C@@H](O)[C@@H]2O)O[C@H](CO)[C@@H](O)[C@@H]1O. The Balaban J connectivity index is 1.03. The van der Waals surface area contributed by atoms with Crippen molar-refractivity contribution < 1.29 is 221 Å². The summed E-state index contributed by atoms with van der Waals surface area (Å²) in [5.74, 6) is -3.17. The third-order valence-electron chi connectivity index (χ3n) is 19.2. The molecule has 26 N–H and O–H groups in total. The molecule has 47 heteroatoms. The van der Waals surface area contributed by atoms with Crippen molar-refractivity contribution in [2.45, 2.75) is 265 Å². The van der Waals surface area contributed by atoms with Gasteiger partial charge in [0.1, 0.15) is 195 Å². The number of halogens is 3. The van der Waals surface area contributed by atoms with Crippen LogP contribution in [-0.4, -0.2) is 446 Å². The third-order valence-corrected chi connectivity index (χ3v) is 19.2. The lowest BCUT2D eigenvalue weighted by Crippen LogP contribution is -2.69. The maximum atomic E-state index is 13.1. The van der Waals surface area contributed by atoms with E-state index in [0.717, 1.165) is 19.1 Å². The Bertz CT molecular complexity index is 2910. The van der Waals surface area contributed by atoms with Crippen LogP contribution in [0.5, 0.6) is 0 Å². The number of ether oxygens (including phenoxy) is 16. The first-order valence-corrected chi connectivity index (χ1v) is 33.6. The van der Waals surface area contributed by atoms with E-state index in [2.05, 4.69) is 5.32 Å². The smallest absolute Gasteiger partial charge is 0.394 e. The van der Waals surface area contributed by atoms with Crippen molar-refractivity contribution in [2.24, 2.45) is 0 Å². The molecule has 0 aromatic heterocycles. The third kappa shape index (κ3) is 19.6. The lowest BCUT2D eigenvalue weighted by atomic mass is 9.95. The second-order valence-electron chi connectivity index (χ2n) is 26.4. The van der Waals surface area contributed by atoms with Gasteiger partial charge in [0.25, 0.3) is 0 Å². The highest BCUT2D eigenvalue weighted by Gasteiger charge is 2.60. The van der Waals surface area contributed by atoms with Gasteiger partial charge in [0, 0.05) is 12.6 Å². The molecule has 0 spiro atoms. The Morgan fingerprint density at radius 2 is 0.692 bits per heavy atom. The molecule has 40 atom stereocenters. The molecule has 1 aromatic carbocycles. The van der Waals surface area contributed by atoms with Crippen LogP contribution in [0.15, 0.2) is 24.3 Å². The fraction of sp³-hybridized carbons (Fsp3) is 0.867. The second kappa shape index (κ2) is 38.0. The van der Waals surface area contributed by atoms with Crippen LogP contribution in [-0.2, 0) is 91.8 Å². The predicted octanol–water partition coefficient (Wildman–Crippen LogP) is -15.5. The molecule has 9 rings (SSSR count). The number of hydrogen-bond acceptors (Lipinski definition) is 42. The van der Waals surface area contributed by atoms with Gasteiger partial charge in [-0.2, -0.15) is 13.2 Å². The van der Waals surface area contributed by atoms with Crippen LogP contribution in [0.4, 0.5) is 18.9 Å². The van der Waals surface area contributed by atoms with Crippen LogP contribution in [0.2, 0.25) is 0 Å². The summed E-state index contributed by atoms with van der Waals surface area (Å²) in [5, 5.41) is 267. The van der Waals surface area contributed by atoms with Crippen LogP contribution in [0.1, 0.15) is 12.5 Å². The van der Waals surface area contributed by atoms with Gasteiger partial charge < -0.3 is 209 Å². The molecule has 616 valence electrons. The standard InChI is InChI=1S/C60H93F3N2O42/c1-16(73)64-27-33(79)28(74)19(8-66)94-51(27)106-50-37(83)32(78)23(12-70)98-58(50)104-47-26(101-52(44(90)48(47)105-54-41(87)35(81)30(76)21(10-68)96-54)92-7-6-17-2-4-18(5-3-17)65-59(91)60(61,62)63)15-93-57-49(36(82)31(77)22(11-69)97-57)107-56-43(89)39(85)46(25(14-72)100-56)103-55-42(88)38(84)45(24(13-71)99-55)102-53-40(86)34(80)29(75)20(9-67)95-53/h2-5,19-58,66-72,74-90H,6-15H2,1H3,(H,64,73)(H,65,91)/t19-,20-,21-,22-,23-,24-,25-,26-,27-,28-,29+,30-,31-,32-,33-,34+,35+,36+,37+,38-,39-,40-,41-,42-,43-,44-,45+,46-,47-,48-,49-,50-,51-,52+,53-,54+,55+,56-,57-,58+/m1/s1. The minimum Gasteiger partial charge on any atom is -0.394 e. The average Bonchev–Trinajstić information content (AvgIpc) is 0.768. The van der Waals surface area contributed by atoms with Gasteiger partial charge in [-0.05, 0) is 24.1 Å². The van der Waals surface area contributed by atoms with Gasteiger partial charge in [0.2, 0.25) is 5.91 Å². The molecule has 8 aliphatic rings. The van der Waals surface area contributed by atoms with Crippen LogP contribution >= 0.6 is 0 Å². The first-order chi connectivity index (χ1) is 50.6.